The van der Waals surface area contributed by atoms with Gasteiger partial charge in [-0.1, -0.05) is 35.9 Å². The predicted molar refractivity (Wildman–Crippen MR) is 104 cm³/mol. The van der Waals surface area contributed by atoms with E-state index in [1.807, 2.05) is 42.7 Å². The monoisotopic (exact) mass is 394 g/mol. The SMILES string of the molecule is Cc1ccc(N2C(=O)[C@@H]3[C@@H]4C=C[C@@](CNC(=O)c5cccs5)(O4)[C@@H]3C2=O)cc1. The van der Waals surface area contributed by atoms with Crippen LogP contribution in [0.3, 0.4) is 0 Å². The molecular formula is C21H18N2O4S. The van der Waals surface area contributed by atoms with Crippen LogP contribution in [0.25, 0.3) is 0 Å². The molecule has 2 saturated heterocycles. The molecule has 3 aliphatic heterocycles. The zero-order valence-electron chi connectivity index (χ0n) is 15.1. The predicted octanol–water partition coefficient (Wildman–Crippen LogP) is 2.30. The highest BCUT2D eigenvalue weighted by molar-refractivity contribution is 7.12. The highest BCUT2D eigenvalue weighted by Crippen LogP contribution is 2.52. The Morgan fingerprint density at radius 1 is 1.21 bits per heavy atom. The highest BCUT2D eigenvalue weighted by atomic mass is 32.1. The molecule has 2 bridgehead atoms. The summed E-state index contributed by atoms with van der Waals surface area (Å²) >= 11 is 1.35. The Balaban J connectivity index is 1.42. The number of imide groups is 1. The summed E-state index contributed by atoms with van der Waals surface area (Å²) in [6, 6.07) is 10.9. The number of thiophene rings is 1. The molecule has 4 atom stereocenters. The fraction of sp³-hybridized carbons (Fsp3) is 0.286. The number of ether oxygens (including phenoxy) is 1. The molecule has 0 radical (unpaired) electrons. The molecule has 28 heavy (non-hydrogen) atoms. The lowest BCUT2D eigenvalue weighted by molar-refractivity contribution is -0.126. The van der Waals surface area contributed by atoms with Crippen molar-refractivity contribution in [2.24, 2.45) is 11.8 Å². The standard InChI is InChI=1S/C21H18N2O4S/c1-12-4-6-13(7-5-12)23-19(25)16-14-8-9-21(27-14,17(16)20(23)26)11-22-18(24)15-3-2-10-28-15/h2-10,14,16-17H,11H2,1H3,(H,22,24)/t14-,16+,17-,21-/m0/s1. The Morgan fingerprint density at radius 3 is 2.71 bits per heavy atom. The number of hydrogen-bond donors (Lipinski definition) is 1. The van der Waals surface area contributed by atoms with Crippen molar-refractivity contribution in [2.45, 2.75) is 18.6 Å². The molecule has 0 unspecified atom stereocenters. The number of rotatable bonds is 4. The van der Waals surface area contributed by atoms with Gasteiger partial charge in [-0.15, -0.1) is 11.3 Å². The summed E-state index contributed by atoms with van der Waals surface area (Å²) in [6.07, 6.45) is 3.23. The average Bonchev–Trinajstić information content (AvgIpc) is 3.45. The number of nitrogens with one attached hydrogen (secondary N) is 1. The van der Waals surface area contributed by atoms with Gasteiger partial charge in [0, 0.05) is 0 Å². The maximum absolute atomic E-state index is 13.2. The topological polar surface area (TPSA) is 75.7 Å². The molecule has 6 nitrogen and oxygen atoms in total. The van der Waals surface area contributed by atoms with Gasteiger partial charge in [-0.05, 0) is 30.5 Å². The fourth-order valence-corrected chi connectivity index (χ4v) is 5.01. The number of nitrogens with zero attached hydrogens (tertiary/aromatic N) is 1. The normalized spacial score (nSPS) is 30.2. The van der Waals surface area contributed by atoms with Gasteiger partial charge in [-0.3, -0.25) is 14.4 Å². The highest BCUT2D eigenvalue weighted by Gasteiger charge is 2.67. The number of hydrogen-bond acceptors (Lipinski definition) is 5. The fourth-order valence-electron chi connectivity index (χ4n) is 4.37. The van der Waals surface area contributed by atoms with E-state index in [0.29, 0.717) is 10.6 Å². The van der Waals surface area contributed by atoms with Crippen molar-refractivity contribution in [2.75, 3.05) is 11.4 Å². The van der Waals surface area contributed by atoms with E-state index in [-0.39, 0.29) is 24.3 Å². The molecule has 3 aliphatic rings. The zero-order valence-corrected chi connectivity index (χ0v) is 15.9. The zero-order chi connectivity index (χ0) is 19.5. The molecule has 1 N–H and O–H groups in total. The first-order valence-electron chi connectivity index (χ1n) is 9.13. The maximum atomic E-state index is 13.2. The molecule has 7 heteroatoms. The number of benzene rings is 1. The summed E-state index contributed by atoms with van der Waals surface area (Å²) in [4.78, 5) is 40.5. The summed E-state index contributed by atoms with van der Waals surface area (Å²) in [7, 11) is 0. The van der Waals surface area contributed by atoms with E-state index in [1.54, 1.807) is 18.2 Å². The van der Waals surface area contributed by atoms with Crippen LogP contribution in [0.1, 0.15) is 15.2 Å². The first kappa shape index (κ1) is 17.3. The van der Waals surface area contributed by atoms with Crippen molar-refractivity contribution in [3.8, 4) is 0 Å². The van der Waals surface area contributed by atoms with Crippen LogP contribution in [0.5, 0.6) is 0 Å². The number of anilines is 1. The Bertz CT molecular complexity index is 998. The van der Waals surface area contributed by atoms with E-state index in [4.69, 9.17) is 4.74 Å². The van der Waals surface area contributed by atoms with Crippen molar-refractivity contribution >= 4 is 34.7 Å². The first-order chi connectivity index (χ1) is 13.5. The lowest BCUT2D eigenvalue weighted by Crippen LogP contribution is -2.48. The van der Waals surface area contributed by atoms with Gasteiger partial charge in [0.15, 0.2) is 0 Å². The molecule has 3 amide bonds. The number of fused-ring (bicyclic) bond motifs is 5. The van der Waals surface area contributed by atoms with Crippen LogP contribution in [0.15, 0.2) is 53.9 Å². The third-order valence-electron chi connectivity index (χ3n) is 5.72. The van der Waals surface area contributed by atoms with Crippen LogP contribution in [0.2, 0.25) is 0 Å². The second-order valence-corrected chi connectivity index (χ2v) is 8.36. The summed E-state index contributed by atoms with van der Waals surface area (Å²) in [5.74, 6) is -1.88. The van der Waals surface area contributed by atoms with Crippen LogP contribution in [-0.4, -0.2) is 36.0 Å². The second-order valence-electron chi connectivity index (χ2n) is 7.41. The van der Waals surface area contributed by atoms with Gasteiger partial charge in [0.05, 0.1) is 35.0 Å². The molecule has 5 rings (SSSR count). The molecular weight excluding hydrogens is 376 g/mol. The lowest BCUT2D eigenvalue weighted by Gasteiger charge is -2.29. The largest absolute Gasteiger partial charge is 0.360 e. The van der Waals surface area contributed by atoms with E-state index in [1.165, 1.54) is 16.2 Å². The van der Waals surface area contributed by atoms with Crippen molar-refractivity contribution in [3.63, 3.8) is 0 Å². The Kier molecular flexibility index (Phi) is 3.79. The Hall–Kier alpha value is -2.77. The summed E-state index contributed by atoms with van der Waals surface area (Å²) in [6.45, 7) is 2.11. The summed E-state index contributed by atoms with van der Waals surface area (Å²) in [5, 5.41) is 4.70. The van der Waals surface area contributed by atoms with Gasteiger partial charge in [0.1, 0.15) is 5.60 Å². The maximum Gasteiger partial charge on any atom is 0.261 e. The van der Waals surface area contributed by atoms with Gasteiger partial charge < -0.3 is 10.1 Å². The molecule has 2 fully saturated rings. The van der Waals surface area contributed by atoms with E-state index in [9.17, 15) is 14.4 Å². The minimum Gasteiger partial charge on any atom is -0.360 e. The average molecular weight is 394 g/mol. The van der Waals surface area contributed by atoms with Gasteiger partial charge >= 0.3 is 0 Å². The van der Waals surface area contributed by atoms with E-state index in [2.05, 4.69) is 5.32 Å². The minimum atomic E-state index is -0.978. The van der Waals surface area contributed by atoms with Crippen molar-refractivity contribution in [3.05, 3.63) is 64.4 Å². The van der Waals surface area contributed by atoms with Crippen LogP contribution < -0.4 is 10.2 Å². The van der Waals surface area contributed by atoms with Gasteiger partial charge in [0.25, 0.3) is 5.91 Å². The molecule has 0 saturated carbocycles. The molecule has 0 aliphatic carbocycles. The summed E-state index contributed by atoms with van der Waals surface area (Å²) < 4.78 is 6.05. The van der Waals surface area contributed by atoms with Gasteiger partial charge in [0.2, 0.25) is 11.8 Å². The van der Waals surface area contributed by atoms with Crippen molar-refractivity contribution < 1.29 is 19.1 Å². The molecule has 2 aromatic rings. The van der Waals surface area contributed by atoms with Crippen LogP contribution in [-0.2, 0) is 14.3 Å². The molecule has 142 valence electrons. The van der Waals surface area contributed by atoms with Crippen LogP contribution >= 0.6 is 11.3 Å². The second kappa shape index (κ2) is 6.12. The summed E-state index contributed by atoms with van der Waals surface area (Å²) in [5.41, 5.74) is 0.655. The van der Waals surface area contributed by atoms with Crippen molar-refractivity contribution in [1.82, 2.24) is 5.32 Å². The molecule has 4 heterocycles. The van der Waals surface area contributed by atoms with E-state index < -0.39 is 23.5 Å². The minimum absolute atomic E-state index is 0.151. The van der Waals surface area contributed by atoms with E-state index in [0.717, 1.165) is 5.56 Å². The smallest absolute Gasteiger partial charge is 0.261 e. The van der Waals surface area contributed by atoms with E-state index >= 15 is 0 Å². The van der Waals surface area contributed by atoms with Crippen LogP contribution in [0.4, 0.5) is 5.69 Å². The van der Waals surface area contributed by atoms with Crippen molar-refractivity contribution in [1.29, 1.82) is 0 Å². The third-order valence-corrected chi connectivity index (χ3v) is 6.59. The Morgan fingerprint density at radius 2 is 2.00 bits per heavy atom. The lowest BCUT2D eigenvalue weighted by atomic mass is 9.77. The quantitative estimate of drug-likeness (QED) is 0.638. The molecule has 1 aromatic carbocycles. The molecule has 0 spiro atoms. The molecule has 1 aromatic heterocycles. The number of amides is 3. The van der Waals surface area contributed by atoms with Gasteiger partial charge in [-0.2, -0.15) is 0 Å². The first-order valence-corrected chi connectivity index (χ1v) is 10.0. The third kappa shape index (κ3) is 2.40. The number of carbonyl (C=O) groups is 3. The Labute approximate surface area is 165 Å². The van der Waals surface area contributed by atoms with Gasteiger partial charge in [-0.25, -0.2) is 4.90 Å². The number of aryl methyl sites for hydroxylation is 1. The van der Waals surface area contributed by atoms with Crippen LogP contribution in [0, 0.1) is 18.8 Å². The number of carbonyl (C=O) groups excluding carboxylic acids is 3.